The molecule has 0 aromatic heterocycles. The van der Waals surface area contributed by atoms with Gasteiger partial charge in [-0.2, -0.15) is 0 Å². The summed E-state index contributed by atoms with van der Waals surface area (Å²) in [5.41, 5.74) is 6.81. The second kappa shape index (κ2) is 7.07. The lowest BCUT2D eigenvalue weighted by Gasteiger charge is -2.10. The zero-order valence-electron chi connectivity index (χ0n) is 11.2. The largest absolute Gasteiger partial charge is 0.462 e. The van der Waals surface area contributed by atoms with Gasteiger partial charge in [0.15, 0.2) is 0 Å². The first-order chi connectivity index (χ1) is 10.0. The number of esters is 1. The molecular weight excluding hydrogens is 329 g/mol. The fourth-order valence-corrected chi connectivity index (χ4v) is 2.98. The molecule has 0 aliphatic heterocycles. The Morgan fingerprint density at radius 1 is 1.24 bits per heavy atom. The molecule has 0 amide bonds. The molecule has 0 saturated heterocycles. The van der Waals surface area contributed by atoms with Crippen LogP contribution in [0.15, 0.2) is 46.2 Å². The van der Waals surface area contributed by atoms with E-state index in [1.807, 2.05) is 12.1 Å². The van der Waals surface area contributed by atoms with Crippen LogP contribution in [-0.4, -0.2) is 12.6 Å². The van der Waals surface area contributed by atoms with Crippen molar-refractivity contribution in [2.24, 2.45) is 0 Å². The van der Waals surface area contributed by atoms with E-state index in [9.17, 15) is 4.79 Å². The van der Waals surface area contributed by atoms with E-state index in [2.05, 4.69) is 0 Å². The third kappa shape index (κ3) is 3.84. The number of nitrogens with two attached hydrogens (primary N) is 1. The predicted octanol–water partition coefficient (Wildman–Crippen LogP) is 4.90. The summed E-state index contributed by atoms with van der Waals surface area (Å²) in [4.78, 5) is 13.5. The number of halogens is 2. The number of benzene rings is 2. The Morgan fingerprint density at radius 2 is 2.00 bits per heavy atom. The third-order valence-corrected chi connectivity index (χ3v) is 4.48. The smallest absolute Gasteiger partial charge is 0.340 e. The van der Waals surface area contributed by atoms with Crippen molar-refractivity contribution in [3.63, 3.8) is 0 Å². The highest BCUT2D eigenvalue weighted by Gasteiger charge is 2.14. The van der Waals surface area contributed by atoms with Gasteiger partial charge in [0.25, 0.3) is 0 Å². The zero-order chi connectivity index (χ0) is 15.4. The van der Waals surface area contributed by atoms with Crippen molar-refractivity contribution in [3.8, 4) is 0 Å². The van der Waals surface area contributed by atoms with E-state index >= 15 is 0 Å². The summed E-state index contributed by atoms with van der Waals surface area (Å²) in [5.74, 6) is -0.424. The van der Waals surface area contributed by atoms with Gasteiger partial charge in [0.1, 0.15) is 0 Å². The monoisotopic (exact) mass is 341 g/mol. The highest BCUT2D eigenvalue weighted by molar-refractivity contribution is 7.99. The first-order valence-corrected chi connectivity index (χ1v) is 7.78. The quantitative estimate of drug-likeness (QED) is 0.634. The highest BCUT2D eigenvalue weighted by Crippen LogP contribution is 2.36. The van der Waals surface area contributed by atoms with Gasteiger partial charge in [-0.1, -0.05) is 41.0 Å². The molecule has 0 spiro atoms. The van der Waals surface area contributed by atoms with E-state index in [-0.39, 0.29) is 0 Å². The van der Waals surface area contributed by atoms with Crippen LogP contribution < -0.4 is 5.73 Å². The minimum absolute atomic E-state index is 0.308. The first kappa shape index (κ1) is 16.0. The third-order valence-electron chi connectivity index (χ3n) is 2.68. The summed E-state index contributed by atoms with van der Waals surface area (Å²) in [7, 11) is 0. The van der Waals surface area contributed by atoms with Crippen molar-refractivity contribution in [2.75, 3.05) is 12.3 Å². The second-order valence-corrected chi connectivity index (χ2v) is 6.05. The molecular formula is C15H13Cl2NO2S. The van der Waals surface area contributed by atoms with E-state index in [1.54, 1.807) is 31.2 Å². The van der Waals surface area contributed by atoms with Crippen LogP contribution in [0.25, 0.3) is 0 Å². The summed E-state index contributed by atoms with van der Waals surface area (Å²) in [6.45, 7) is 2.06. The molecule has 0 aliphatic carbocycles. The van der Waals surface area contributed by atoms with Gasteiger partial charge < -0.3 is 10.5 Å². The minimum atomic E-state index is -0.424. The Kier molecular flexibility index (Phi) is 5.39. The maximum absolute atomic E-state index is 11.8. The Hall–Kier alpha value is -1.36. The van der Waals surface area contributed by atoms with Gasteiger partial charge in [-0.25, -0.2) is 4.79 Å². The predicted molar refractivity (Wildman–Crippen MR) is 87.4 cm³/mol. The number of ether oxygens (including phenoxy) is 1. The van der Waals surface area contributed by atoms with E-state index in [1.165, 1.54) is 11.8 Å². The molecule has 2 aromatic carbocycles. The lowest BCUT2D eigenvalue weighted by atomic mass is 10.2. The fraction of sp³-hybridized carbons (Fsp3) is 0.133. The molecule has 0 heterocycles. The number of carbonyl (C=O) groups is 1. The van der Waals surface area contributed by atoms with Crippen molar-refractivity contribution < 1.29 is 9.53 Å². The van der Waals surface area contributed by atoms with Gasteiger partial charge in [-0.15, -0.1) is 0 Å². The van der Waals surface area contributed by atoms with Gasteiger partial charge in [-0.05, 0) is 37.3 Å². The van der Waals surface area contributed by atoms with Gasteiger partial charge in [0.2, 0.25) is 0 Å². The number of hydrogen-bond acceptors (Lipinski definition) is 4. The summed E-state index contributed by atoms with van der Waals surface area (Å²) in [5, 5.41) is 0.969. The van der Waals surface area contributed by atoms with Crippen molar-refractivity contribution in [2.45, 2.75) is 16.7 Å². The Bertz CT molecular complexity index is 677. The van der Waals surface area contributed by atoms with E-state index in [0.29, 0.717) is 27.9 Å². The molecule has 110 valence electrons. The summed E-state index contributed by atoms with van der Waals surface area (Å²) in [6, 6.07) is 10.6. The standard InChI is InChI=1S/C15H13Cl2NO2S/c1-2-20-15(19)10-4-3-5-13(14(10)18)21-9-6-7-11(16)12(17)8-9/h3-8H,2,18H2,1H3. The van der Waals surface area contributed by atoms with Gasteiger partial charge in [0, 0.05) is 9.79 Å². The maximum Gasteiger partial charge on any atom is 0.340 e. The van der Waals surface area contributed by atoms with Gasteiger partial charge in [-0.3, -0.25) is 0 Å². The molecule has 0 saturated carbocycles. The van der Waals surface area contributed by atoms with Crippen molar-refractivity contribution in [1.29, 1.82) is 0 Å². The van der Waals surface area contributed by atoms with Crippen molar-refractivity contribution in [1.82, 2.24) is 0 Å². The van der Waals surface area contributed by atoms with E-state index < -0.39 is 5.97 Å². The SMILES string of the molecule is CCOC(=O)c1cccc(Sc2ccc(Cl)c(Cl)c2)c1N. The molecule has 21 heavy (non-hydrogen) atoms. The highest BCUT2D eigenvalue weighted by atomic mass is 35.5. The molecule has 2 N–H and O–H groups in total. The van der Waals surface area contributed by atoms with Crippen LogP contribution in [0, 0.1) is 0 Å². The molecule has 0 unspecified atom stereocenters. The number of nitrogen functional groups attached to an aromatic ring is 1. The Morgan fingerprint density at radius 3 is 2.67 bits per heavy atom. The van der Waals surface area contributed by atoms with Gasteiger partial charge in [0.05, 0.1) is 27.9 Å². The molecule has 2 rings (SSSR count). The summed E-state index contributed by atoms with van der Waals surface area (Å²) < 4.78 is 4.98. The van der Waals surface area contributed by atoms with E-state index in [4.69, 9.17) is 33.7 Å². The topological polar surface area (TPSA) is 52.3 Å². The number of anilines is 1. The first-order valence-electron chi connectivity index (χ1n) is 6.21. The number of rotatable bonds is 4. The van der Waals surface area contributed by atoms with Crippen LogP contribution in [0.3, 0.4) is 0 Å². The normalized spacial score (nSPS) is 10.4. The fourth-order valence-electron chi connectivity index (χ4n) is 1.69. The average Bonchev–Trinajstić information content (AvgIpc) is 2.45. The molecule has 2 aromatic rings. The molecule has 0 radical (unpaired) electrons. The van der Waals surface area contributed by atoms with Gasteiger partial charge >= 0.3 is 5.97 Å². The average molecular weight is 342 g/mol. The molecule has 0 bridgehead atoms. The summed E-state index contributed by atoms with van der Waals surface area (Å²) >= 11 is 13.3. The van der Waals surface area contributed by atoms with E-state index in [0.717, 1.165) is 9.79 Å². The Labute approximate surface area is 137 Å². The van der Waals surface area contributed by atoms with Crippen LogP contribution in [0.4, 0.5) is 5.69 Å². The van der Waals surface area contributed by atoms with Crippen molar-refractivity contribution >= 4 is 46.6 Å². The lowest BCUT2D eigenvalue weighted by Crippen LogP contribution is -2.08. The molecule has 0 aliphatic rings. The second-order valence-electron chi connectivity index (χ2n) is 4.12. The minimum Gasteiger partial charge on any atom is -0.462 e. The van der Waals surface area contributed by atoms with Crippen LogP contribution in [0.1, 0.15) is 17.3 Å². The molecule has 0 fully saturated rings. The molecule has 6 heteroatoms. The zero-order valence-corrected chi connectivity index (χ0v) is 13.6. The van der Waals surface area contributed by atoms with Crippen LogP contribution >= 0.6 is 35.0 Å². The lowest BCUT2D eigenvalue weighted by molar-refractivity contribution is 0.0527. The maximum atomic E-state index is 11.8. The Balaban J connectivity index is 2.30. The molecule has 3 nitrogen and oxygen atoms in total. The van der Waals surface area contributed by atoms with Crippen LogP contribution in [0.2, 0.25) is 10.0 Å². The molecule has 0 atom stereocenters. The van der Waals surface area contributed by atoms with Crippen LogP contribution in [0.5, 0.6) is 0 Å². The number of carbonyl (C=O) groups excluding carboxylic acids is 1. The summed E-state index contributed by atoms with van der Waals surface area (Å²) in [6.07, 6.45) is 0. The van der Waals surface area contributed by atoms with Crippen molar-refractivity contribution in [3.05, 3.63) is 52.0 Å². The number of hydrogen-bond donors (Lipinski definition) is 1. The van der Waals surface area contributed by atoms with Crippen LogP contribution in [-0.2, 0) is 4.74 Å². The number of para-hydroxylation sites is 1.